The number of rotatable bonds is 9. The van der Waals surface area contributed by atoms with E-state index in [-0.39, 0.29) is 5.91 Å². The van der Waals surface area contributed by atoms with Crippen LogP contribution in [0.15, 0.2) is 54.6 Å². The van der Waals surface area contributed by atoms with Gasteiger partial charge < -0.3 is 14.8 Å². The fourth-order valence-electron chi connectivity index (χ4n) is 3.06. The molecule has 2 aromatic carbocycles. The van der Waals surface area contributed by atoms with Crippen LogP contribution >= 0.6 is 0 Å². The van der Waals surface area contributed by atoms with E-state index in [0.717, 1.165) is 11.5 Å². The highest BCUT2D eigenvalue weighted by Crippen LogP contribution is 2.44. The predicted molar refractivity (Wildman–Crippen MR) is 98.0 cm³/mol. The molecule has 0 heterocycles. The van der Waals surface area contributed by atoms with Gasteiger partial charge in [0.15, 0.2) is 0 Å². The zero-order valence-corrected chi connectivity index (χ0v) is 14.6. The number of carbonyl (C=O) groups excluding carboxylic acids is 1. The first-order valence-corrected chi connectivity index (χ1v) is 8.85. The van der Waals surface area contributed by atoms with Gasteiger partial charge in [-0.15, -0.1) is 0 Å². The average Bonchev–Trinajstić information content (AvgIpc) is 3.49. The van der Waals surface area contributed by atoms with Crippen LogP contribution in [0.25, 0.3) is 0 Å². The molecule has 0 radical (unpaired) electrons. The summed E-state index contributed by atoms with van der Waals surface area (Å²) in [5, 5.41) is 2.97. The summed E-state index contributed by atoms with van der Waals surface area (Å²) in [6.45, 7) is 0.967. The molecule has 3 rings (SSSR count). The van der Waals surface area contributed by atoms with Crippen LogP contribution in [0, 0.1) is 5.92 Å². The lowest BCUT2D eigenvalue weighted by molar-refractivity contribution is -0.121. The molecular formula is C21H25NO3. The normalized spacial score (nSPS) is 14.6. The maximum Gasteiger partial charge on any atom is 0.220 e. The van der Waals surface area contributed by atoms with Crippen LogP contribution in [0.4, 0.5) is 0 Å². The molecule has 25 heavy (non-hydrogen) atoms. The monoisotopic (exact) mass is 339 g/mol. The molecule has 1 aliphatic rings. The molecule has 1 N–H and O–H groups in total. The molecule has 0 saturated heterocycles. The average molecular weight is 339 g/mol. The number of amides is 1. The Hall–Kier alpha value is -2.49. The summed E-state index contributed by atoms with van der Waals surface area (Å²) < 4.78 is 10.7. The third kappa shape index (κ3) is 5.24. The molecular weight excluding hydrogens is 314 g/mol. The molecule has 0 bridgehead atoms. The molecule has 1 aliphatic carbocycles. The minimum absolute atomic E-state index is 0.0964. The van der Waals surface area contributed by atoms with Crippen molar-refractivity contribution in [2.24, 2.45) is 5.92 Å². The van der Waals surface area contributed by atoms with Crippen molar-refractivity contribution in [2.75, 3.05) is 20.3 Å². The van der Waals surface area contributed by atoms with E-state index < -0.39 is 0 Å². The number of hydrogen-bond acceptors (Lipinski definition) is 3. The molecule has 0 aromatic heterocycles. The number of benzene rings is 2. The minimum Gasteiger partial charge on any atom is -0.497 e. The standard InChI is InChI=1S/C21H25NO3/c1-24-18-9-11-19(12-10-18)25-14-13-22-21(23)15-20(17-7-8-17)16-5-3-2-4-6-16/h2-6,9-12,17,20H,7-8,13-15H2,1H3,(H,22,23). The lowest BCUT2D eigenvalue weighted by Gasteiger charge is -2.16. The SMILES string of the molecule is COc1ccc(OCCNC(=O)CC(c2ccccc2)C2CC2)cc1. The second-order valence-corrected chi connectivity index (χ2v) is 6.43. The molecule has 1 saturated carbocycles. The minimum atomic E-state index is 0.0964. The van der Waals surface area contributed by atoms with E-state index in [2.05, 4.69) is 17.4 Å². The molecule has 0 aliphatic heterocycles. The van der Waals surface area contributed by atoms with Gasteiger partial charge in [0.1, 0.15) is 18.1 Å². The second kappa shape index (κ2) is 8.56. The summed E-state index contributed by atoms with van der Waals surface area (Å²) in [5.41, 5.74) is 1.27. The molecule has 4 heteroatoms. The first-order chi connectivity index (χ1) is 12.3. The van der Waals surface area contributed by atoms with Crippen molar-refractivity contribution in [3.63, 3.8) is 0 Å². The molecule has 132 valence electrons. The first kappa shape index (κ1) is 17.3. The van der Waals surface area contributed by atoms with E-state index in [9.17, 15) is 4.79 Å². The van der Waals surface area contributed by atoms with Gasteiger partial charge in [-0.05, 0) is 54.5 Å². The van der Waals surface area contributed by atoms with Crippen molar-refractivity contribution < 1.29 is 14.3 Å². The Bertz CT molecular complexity index is 665. The van der Waals surface area contributed by atoms with E-state index in [0.29, 0.717) is 31.4 Å². The maximum absolute atomic E-state index is 12.3. The molecule has 1 unspecified atom stereocenters. The Morgan fingerprint density at radius 1 is 1.08 bits per heavy atom. The van der Waals surface area contributed by atoms with Gasteiger partial charge in [0.05, 0.1) is 13.7 Å². The smallest absolute Gasteiger partial charge is 0.220 e. The number of hydrogen-bond donors (Lipinski definition) is 1. The topological polar surface area (TPSA) is 47.6 Å². The maximum atomic E-state index is 12.3. The van der Waals surface area contributed by atoms with Crippen LogP contribution in [-0.2, 0) is 4.79 Å². The summed E-state index contributed by atoms with van der Waals surface area (Å²) in [6, 6.07) is 17.8. The zero-order chi connectivity index (χ0) is 17.5. The Labute approximate surface area is 149 Å². The van der Waals surface area contributed by atoms with Crippen molar-refractivity contribution in [2.45, 2.75) is 25.2 Å². The van der Waals surface area contributed by atoms with Crippen LogP contribution in [0.2, 0.25) is 0 Å². The van der Waals surface area contributed by atoms with Crippen molar-refractivity contribution in [3.8, 4) is 11.5 Å². The third-order valence-electron chi connectivity index (χ3n) is 4.58. The number of carbonyl (C=O) groups is 1. The highest BCUT2D eigenvalue weighted by atomic mass is 16.5. The van der Waals surface area contributed by atoms with Crippen LogP contribution < -0.4 is 14.8 Å². The van der Waals surface area contributed by atoms with E-state index in [4.69, 9.17) is 9.47 Å². The molecule has 1 fully saturated rings. The van der Waals surface area contributed by atoms with E-state index in [1.165, 1.54) is 18.4 Å². The van der Waals surface area contributed by atoms with Crippen LogP contribution in [-0.4, -0.2) is 26.2 Å². The Kier molecular flexibility index (Phi) is 5.94. The second-order valence-electron chi connectivity index (χ2n) is 6.43. The Morgan fingerprint density at radius 3 is 2.40 bits per heavy atom. The Morgan fingerprint density at radius 2 is 1.76 bits per heavy atom. The fraction of sp³-hybridized carbons (Fsp3) is 0.381. The quantitative estimate of drug-likeness (QED) is 0.707. The lowest BCUT2D eigenvalue weighted by Crippen LogP contribution is -2.29. The summed E-state index contributed by atoms with van der Waals surface area (Å²) in [7, 11) is 1.63. The summed E-state index contributed by atoms with van der Waals surface area (Å²) in [5.74, 6) is 2.66. The highest BCUT2D eigenvalue weighted by Gasteiger charge is 2.33. The fourth-order valence-corrected chi connectivity index (χ4v) is 3.06. The van der Waals surface area contributed by atoms with Gasteiger partial charge in [-0.25, -0.2) is 0 Å². The highest BCUT2D eigenvalue weighted by molar-refractivity contribution is 5.77. The van der Waals surface area contributed by atoms with Gasteiger partial charge in [0.25, 0.3) is 0 Å². The van der Waals surface area contributed by atoms with Crippen LogP contribution in [0.5, 0.6) is 11.5 Å². The third-order valence-corrected chi connectivity index (χ3v) is 4.58. The first-order valence-electron chi connectivity index (χ1n) is 8.85. The van der Waals surface area contributed by atoms with Crippen LogP contribution in [0.1, 0.15) is 30.7 Å². The van der Waals surface area contributed by atoms with Gasteiger partial charge >= 0.3 is 0 Å². The number of methoxy groups -OCH3 is 1. The van der Waals surface area contributed by atoms with Gasteiger partial charge in [-0.2, -0.15) is 0 Å². The van der Waals surface area contributed by atoms with Crippen LogP contribution in [0.3, 0.4) is 0 Å². The van der Waals surface area contributed by atoms with Gasteiger partial charge in [-0.3, -0.25) is 4.79 Å². The van der Waals surface area contributed by atoms with Crippen molar-refractivity contribution >= 4 is 5.91 Å². The number of ether oxygens (including phenoxy) is 2. The summed E-state index contributed by atoms with van der Waals surface area (Å²) in [6.07, 6.45) is 3.01. The van der Waals surface area contributed by atoms with Gasteiger partial charge in [0.2, 0.25) is 5.91 Å². The van der Waals surface area contributed by atoms with Crippen molar-refractivity contribution in [1.29, 1.82) is 0 Å². The van der Waals surface area contributed by atoms with E-state index >= 15 is 0 Å². The molecule has 4 nitrogen and oxygen atoms in total. The molecule has 0 spiro atoms. The lowest BCUT2D eigenvalue weighted by atomic mass is 9.91. The molecule has 1 amide bonds. The number of nitrogens with one attached hydrogen (secondary N) is 1. The van der Waals surface area contributed by atoms with Crippen molar-refractivity contribution in [3.05, 3.63) is 60.2 Å². The van der Waals surface area contributed by atoms with E-state index in [1.807, 2.05) is 42.5 Å². The molecule has 1 atom stereocenters. The zero-order valence-electron chi connectivity index (χ0n) is 14.6. The van der Waals surface area contributed by atoms with E-state index in [1.54, 1.807) is 7.11 Å². The van der Waals surface area contributed by atoms with Gasteiger partial charge in [-0.1, -0.05) is 30.3 Å². The summed E-state index contributed by atoms with van der Waals surface area (Å²) in [4.78, 5) is 12.3. The molecule has 2 aromatic rings. The van der Waals surface area contributed by atoms with Gasteiger partial charge in [0, 0.05) is 6.42 Å². The summed E-state index contributed by atoms with van der Waals surface area (Å²) >= 11 is 0. The Balaban J connectivity index is 1.41. The largest absolute Gasteiger partial charge is 0.497 e. The predicted octanol–water partition coefficient (Wildman–Crippen LogP) is 3.77. The van der Waals surface area contributed by atoms with Crippen molar-refractivity contribution in [1.82, 2.24) is 5.32 Å².